The summed E-state index contributed by atoms with van der Waals surface area (Å²) in [5.74, 6) is 0. The van der Waals surface area contributed by atoms with E-state index < -0.39 is 8.32 Å². The van der Waals surface area contributed by atoms with Crippen LogP contribution in [0.4, 0.5) is 0 Å². The van der Waals surface area contributed by atoms with Crippen molar-refractivity contribution in [3.05, 3.63) is 48.0 Å². The Morgan fingerprint density at radius 3 is 2.70 bits per heavy atom. The molecule has 0 bridgehead atoms. The zero-order chi connectivity index (χ0) is 16.7. The van der Waals surface area contributed by atoms with E-state index in [1.54, 1.807) is 0 Å². The van der Waals surface area contributed by atoms with Crippen molar-refractivity contribution in [1.29, 1.82) is 0 Å². The predicted octanol–water partition coefficient (Wildman–Crippen LogP) is 5.36. The first-order chi connectivity index (χ1) is 11.0. The summed E-state index contributed by atoms with van der Waals surface area (Å²) in [6.07, 6.45) is 5.99. The standard InChI is InChI=1S/C18H26Cl2O2Si/c1-23(2)13-7-6-10-17(22-23)18(20)16(19)11-12-21-14-15-8-4-3-5-9-15/h3-9,16-18H,10-14H2,1-2H3/t16-,17+,18+/m1/s1. The fourth-order valence-electron chi connectivity index (χ4n) is 2.65. The maximum atomic E-state index is 6.58. The molecule has 1 aliphatic heterocycles. The van der Waals surface area contributed by atoms with Gasteiger partial charge in [-0.1, -0.05) is 42.5 Å². The molecule has 0 amide bonds. The normalized spacial score (nSPS) is 23.2. The Labute approximate surface area is 150 Å². The lowest BCUT2D eigenvalue weighted by atomic mass is 10.1. The van der Waals surface area contributed by atoms with Crippen LogP contribution in [0.1, 0.15) is 18.4 Å². The summed E-state index contributed by atoms with van der Waals surface area (Å²) in [6, 6.07) is 11.2. The van der Waals surface area contributed by atoms with Crippen LogP contribution in [-0.2, 0) is 15.8 Å². The molecule has 23 heavy (non-hydrogen) atoms. The quantitative estimate of drug-likeness (QED) is 0.277. The SMILES string of the molecule is C[Si]1(C)CC=CC[C@@H]([C@@H](Cl)[C@H](Cl)CCOCc2ccccc2)O1. The first-order valence-corrected chi connectivity index (χ1v) is 12.2. The van der Waals surface area contributed by atoms with E-state index in [9.17, 15) is 0 Å². The summed E-state index contributed by atoms with van der Waals surface area (Å²) in [6.45, 7) is 5.67. The number of hydrogen-bond donors (Lipinski definition) is 0. The fourth-order valence-corrected chi connectivity index (χ4v) is 5.16. The molecule has 1 aliphatic rings. The first-order valence-electron chi connectivity index (χ1n) is 8.20. The van der Waals surface area contributed by atoms with Gasteiger partial charge in [0, 0.05) is 6.61 Å². The minimum absolute atomic E-state index is 0.00806. The van der Waals surface area contributed by atoms with E-state index in [0.29, 0.717) is 13.2 Å². The van der Waals surface area contributed by atoms with E-state index in [4.69, 9.17) is 32.4 Å². The maximum absolute atomic E-state index is 6.58. The molecular formula is C18H26Cl2O2Si. The summed E-state index contributed by atoms with van der Waals surface area (Å²) in [5, 5.41) is -0.333. The van der Waals surface area contributed by atoms with Crippen molar-refractivity contribution >= 4 is 31.5 Å². The van der Waals surface area contributed by atoms with E-state index in [1.807, 2.05) is 18.2 Å². The van der Waals surface area contributed by atoms with Gasteiger partial charge >= 0.3 is 0 Å². The monoisotopic (exact) mass is 372 g/mol. The Morgan fingerprint density at radius 2 is 1.96 bits per heavy atom. The van der Waals surface area contributed by atoms with Gasteiger partial charge in [0.1, 0.15) is 0 Å². The summed E-state index contributed by atoms with van der Waals surface area (Å²) < 4.78 is 12.0. The van der Waals surface area contributed by atoms with E-state index in [2.05, 4.69) is 37.4 Å². The summed E-state index contributed by atoms with van der Waals surface area (Å²) in [7, 11) is -1.66. The van der Waals surface area contributed by atoms with Gasteiger partial charge in [-0.25, -0.2) is 0 Å². The molecule has 0 saturated heterocycles. The summed E-state index contributed by atoms with van der Waals surface area (Å²) in [5.41, 5.74) is 1.17. The highest BCUT2D eigenvalue weighted by Crippen LogP contribution is 2.28. The Morgan fingerprint density at radius 1 is 1.22 bits per heavy atom. The van der Waals surface area contributed by atoms with Crippen molar-refractivity contribution in [2.45, 2.75) is 55.4 Å². The molecule has 2 nitrogen and oxygen atoms in total. The second kappa shape index (κ2) is 9.24. The molecule has 0 saturated carbocycles. The zero-order valence-electron chi connectivity index (χ0n) is 13.9. The molecule has 0 radical (unpaired) electrons. The number of rotatable bonds is 7. The fraction of sp³-hybridized carbons (Fsp3) is 0.556. The van der Waals surface area contributed by atoms with E-state index in [1.165, 1.54) is 5.56 Å². The van der Waals surface area contributed by atoms with Gasteiger partial charge < -0.3 is 9.16 Å². The number of hydrogen-bond acceptors (Lipinski definition) is 2. The molecule has 0 fully saturated rings. The van der Waals surface area contributed by atoms with Crippen molar-refractivity contribution in [2.75, 3.05) is 6.61 Å². The topological polar surface area (TPSA) is 18.5 Å². The smallest absolute Gasteiger partial charge is 0.190 e. The van der Waals surface area contributed by atoms with E-state index in [0.717, 1.165) is 18.9 Å². The predicted molar refractivity (Wildman–Crippen MR) is 101 cm³/mol. The van der Waals surface area contributed by atoms with E-state index in [-0.39, 0.29) is 16.9 Å². The molecule has 0 unspecified atom stereocenters. The van der Waals surface area contributed by atoms with Crippen LogP contribution in [0.15, 0.2) is 42.5 Å². The van der Waals surface area contributed by atoms with Crippen LogP contribution in [0.3, 0.4) is 0 Å². The lowest BCUT2D eigenvalue weighted by Crippen LogP contribution is -2.40. The highest BCUT2D eigenvalue weighted by molar-refractivity contribution is 6.71. The van der Waals surface area contributed by atoms with Crippen LogP contribution < -0.4 is 0 Å². The van der Waals surface area contributed by atoms with Crippen molar-refractivity contribution in [3.63, 3.8) is 0 Å². The molecule has 1 aromatic carbocycles. The van der Waals surface area contributed by atoms with E-state index >= 15 is 0 Å². The van der Waals surface area contributed by atoms with Crippen LogP contribution in [0, 0.1) is 0 Å². The largest absolute Gasteiger partial charge is 0.412 e. The number of allylic oxidation sites excluding steroid dienone is 1. The Balaban J connectivity index is 1.74. The molecule has 5 heteroatoms. The van der Waals surface area contributed by atoms with Crippen molar-refractivity contribution in [2.24, 2.45) is 0 Å². The van der Waals surface area contributed by atoms with Crippen molar-refractivity contribution < 1.29 is 9.16 Å². The maximum Gasteiger partial charge on any atom is 0.190 e. The molecule has 0 N–H and O–H groups in total. The van der Waals surface area contributed by atoms with Gasteiger partial charge in [0.05, 0.1) is 23.5 Å². The first kappa shape index (κ1) is 19.0. The molecule has 1 aromatic rings. The number of benzene rings is 1. The van der Waals surface area contributed by atoms with Crippen LogP contribution in [0.25, 0.3) is 0 Å². The van der Waals surface area contributed by atoms with Gasteiger partial charge in [0.15, 0.2) is 8.32 Å². The minimum atomic E-state index is -1.66. The highest BCUT2D eigenvalue weighted by atomic mass is 35.5. The van der Waals surface area contributed by atoms with Gasteiger partial charge in [-0.2, -0.15) is 0 Å². The van der Waals surface area contributed by atoms with Crippen molar-refractivity contribution in [1.82, 2.24) is 0 Å². The molecular weight excluding hydrogens is 347 g/mol. The number of halogens is 2. The van der Waals surface area contributed by atoms with Crippen molar-refractivity contribution in [3.8, 4) is 0 Å². The zero-order valence-corrected chi connectivity index (χ0v) is 16.4. The van der Waals surface area contributed by atoms with Crippen LogP contribution >= 0.6 is 23.2 Å². The third-order valence-corrected chi connectivity index (χ3v) is 7.33. The Bertz CT molecular complexity index is 493. The molecule has 1 heterocycles. The lowest BCUT2D eigenvalue weighted by molar-refractivity contribution is 0.113. The van der Waals surface area contributed by atoms with Gasteiger partial charge in [-0.05, 0) is 37.5 Å². The summed E-state index contributed by atoms with van der Waals surface area (Å²) >= 11 is 13.1. The lowest BCUT2D eigenvalue weighted by Gasteiger charge is -2.31. The minimum Gasteiger partial charge on any atom is -0.412 e. The second-order valence-corrected chi connectivity index (χ2v) is 11.8. The van der Waals surface area contributed by atoms with Crippen LogP contribution in [0.5, 0.6) is 0 Å². The van der Waals surface area contributed by atoms with Crippen LogP contribution in [0.2, 0.25) is 19.1 Å². The average molecular weight is 373 g/mol. The van der Waals surface area contributed by atoms with Gasteiger partial charge in [-0.3, -0.25) is 0 Å². The number of alkyl halides is 2. The molecule has 0 aromatic heterocycles. The molecule has 3 atom stereocenters. The molecule has 128 valence electrons. The Hall–Kier alpha value is -0.323. The third-order valence-electron chi connectivity index (χ3n) is 3.97. The third kappa shape index (κ3) is 6.59. The number of ether oxygens (including phenoxy) is 1. The average Bonchev–Trinajstić information content (AvgIpc) is 2.72. The van der Waals surface area contributed by atoms with Gasteiger partial charge in [-0.15, -0.1) is 23.2 Å². The molecule has 0 aliphatic carbocycles. The summed E-state index contributed by atoms with van der Waals surface area (Å²) in [4.78, 5) is 0. The molecule has 0 spiro atoms. The Kier molecular flexibility index (Phi) is 7.63. The van der Waals surface area contributed by atoms with Gasteiger partial charge in [0.2, 0.25) is 0 Å². The van der Waals surface area contributed by atoms with Gasteiger partial charge in [0.25, 0.3) is 0 Å². The highest BCUT2D eigenvalue weighted by Gasteiger charge is 2.33. The molecule has 2 rings (SSSR count). The second-order valence-electron chi connectivity index (χ2n) is 6.61. The van der Waals surface area contributed by atoms with Crippen LogP contribution in [-0.4, -0.2) is 31.8 Å².